The molecule has 0 bridgehead atoms. The van der Waals surface area contributed by atoms with Crippen molar-refractivity contribution >= 4 is 23.9 Å². The predicted molar refractivity (Wildman–Crippen MR) is 131 cm³/mol. The van der Waals surface area contributed by atoms with Gasteiger partial charge < -0.3 is 18.9 Å². The summed E-state index contributed by atoms with van der Waals surface area (Å²) in [6.45, 7) is 9.97. The zero-order valence-electron chi connectivity index (χ0n) is 19.0. The third-order valence-corrected chi connectivity index (χ3v) is 4.57. The van der Waals surface area contributed by atoms with Crippen LogP contribution in [0, 0.1) is 0 Å². The van der Waals surface area contributed by atoms with E-state index in [1.54, 1.807) is 48.5 Å². The first-order valence-electron chi connectivity index (χ1n) is 10.4. The number of esters is 4. The molecule has 3 aromatic carbocycles. The molecule has 0 fully saturated rings. The summed E-state index contributed by atoms with van der Waals surface area (Å²) in [6, 6.07) is 17.4. The van der Waals surface area contributed by atoms with Crippen LogP contribution >= 0.6 is 0 Å². The van der Waals surface area contributed by atoms with Gasteiger partial charge in [0.15, 0.2) is 11.5 Å². The normalized spacial score (nSPS) is 9.89. The van der Waals surface area contributed by atoms with E-state index in [9.17, 15) is 19.2 Å². The fourth-order valence-electron chi connectivity index (χ4n) is 2.85. The quantitative estimate of drug-likeness (QED) is 0.241. The molecule has 0 spiro atoms. The van der Waals surface area contributed by atoms with Crippen LogP contribution in [0.2, 0.25) is 0 Å². The van der Waals surface area contributed by atoms with Crippen molar-refractivity contribution in [3.63, 3.8) is 0 Å². The Hall–Kier alpha value is -5.24. The monoisotopic (exact) mass is 484 g/mol. The first-order valence-corrected chi connectivity index (χ1v) is 10.4. The number of carbonyl (C=O) groups is 4. The lowest BCUT2D eigenvalue weighted by atomic mass is 10.1. The Labute approximate surface area is 206 Å². The minimum absolute atomic E-state index is 0.0500. The molecule has 3 rings (SSSR count). The maximum absolute atomic E-state index is 12.7. The van der Waals surface area contributed by atoms with Crippen LogP contribution < -0.4 is 18.9 Å². The first kappa shape index (κ1) is 25.4. The molecular weight excluding hydrogens is 464 g/mol. The van der Waals surface area contributed by atoms with Gasteiger partial charge in [0.2, 0.25) is 0 Å². The lowest BCUT2D eigenvalue weighted by Crippen LogP contribution is -2.12. The molecule has 0 aliphatic carbocycles. The molecule has 3 aromatic rings. The van der Waals surface area contributed by atoms with Gasteiger partial charge in [0.05, 0.1) is 5.56 Å². The van der Waals surface area contributed by atoms with Crippen LogP contribution in [-0.4, -0.2) is 23.9 Å². The third-order valence-electron chi connectivity index (χ3n) is 4.57. The fraction of sp³-hybridized carbons (Fsp3) is 0. The van der Waals surface area contributed by atoms with Gasteiger partial charge in [0.1, 0.15) is 11.5 Å². The van der Waals surface area contributed by atoms with E-state index in [4.69, 9.17) is 18.9 Å². The Morgan fingerprint density at radius 2 is 0.972 bits per heavy atom. The highest BCUT2D eigenvalue weighted by atomic mass is 16.6. The molecule has 0 N–H and O–H groups in total. The van der Waals surface area contributed by atoms with Gasteiger partial charge >= 0.3 is 23.9 Å². The predicted octanol–water partition coefficient (Wildman–Crippen LogP) is 4.85. The second-order valence-electron chi connectivity index (χ2n) is 6.98. The van der Waals surface area contributed by atoms with E-state index in [1.807, 2.05) is 0 Å². The van der Waals surface area contributed by atoms with Gasteiger partial charge in [-0.2, -0.15) is 0 Å². The SMILES string of the molecule is C=CC(=O)Oc1ccc(-c2ccc(OC(=O)c3ccc(OC(=O)C=C)c(OC(=O)C=C)c3)cc2)cc1. The maximum atomic E-state index is 12.7. The molecule has 0 aliphatic rings. The first-order chi connectivity index (χ1) is 17.3. The highest BCUT2D eigenvalue weighted by molar-refractivity contribution is 5.93. The van der Waals surface area contributed by atoms with Crippen LogP contribution in [0.25, 0.3) is 11.1 Å². The summed E-state index contributed by atoms with van der Waals surface area (Å²) in [6.07, 6.45) is 2.94. The lowest BCUT2D eigenvalue weighted by molar-refractivity contribution is -0.131. The van der Waals surface area contributed by atoms with Crippen LogP contribution in [0.15, 0.2) is 105 Å². The van der Waals surface area contributed by atoms with Crippen LogP contribution in [0.5, 0.6) is 23.0 Å². The van der Waals surface area contributed by atoms with Crippen LogP contribution in [-0.2, 0) is 14.4 Å². The van der Waals surface area contributed by atoms with Gasteiger partial charge in [-0.3, -0.25) is 0 Å². The van der Waals surface area contributed by atoms with E-state index in [-0.39, 0.29) is 22.8 Å². The van der Waals surface area contributed by atoms with E-state index in [0.29, 0.717) is 5.75 Å². The van der Waals surface area contributed by atoms with E-state index in [0.717, 1.165) is 29.4 Å². The molecule has 0 aliphatic heterocycles. The van der Waals surface area contributed by atoms with E-state index < -0.39 is 23.9 Å². The summed E-state index contributed by atoms with van der Waals surface area (Å²) in [5, 5.41) is 0. The topological polar surface area (TPSA) is 105 Å². The summed E-state index contributed by atoms with van der Waals surface area (Å²) in [5.74, 6) is -2.44. The van der Waals surface area contributed by atoms with Gasteiger partial charge in [-0.15, -0.1) is 0 Å². The average molecular weight is 484 g/mol. The van der Waals surface area contributed by atoms with Crippen molar-refractivity contribution in [2.75, 3.05) is 0 Å². The zero-order valence-corrected chi connectivity index (χ0v) is 19.0. The summed E-state index contributed by atoms with van der Waals surface area (Å²) < 4.78 is 20.6. The van der Waals surface area contributed by atoms with Crippen LogP contribution in [0.3, 0.4) is 0 Å². The van der Waals surface area contributed by atoms with Gasteiger partial charge in [0, 0.05) is 18.2 Å². The summed E-state index contributed by atoms with van der Waals surface area (Å²) >= 11 is 0. The molecule has 180 valence electrons. The van der Waals surface area contributed by atoms with Crippen molar-refractivity contribution in [3.05, 3.63) is 110 Å². The standard InChI is InChI=1S/C28H20O8/c1-4-25(29)33-21-12-7-18(8-13-21)19-9-14-22(15-10-19)34-28(32)20-11-16-23(35-26(30)5-2)24(17-20)36-27(31)6-3/h4-17H,1-3H2. The van der Waals surface area contributed by atoms with Crippen molar-refractivity contribution in [2.45, 2.75) is 0 Å². The summed E-state index contributed by atoms with van der Waals surface area (Å²) in [7, 11) is 0. The Morgan fingerprint density at radius 1 is 0.528 bits per heavy atom. The molecule has 0 atom stereocenters. The maximum Gasteiger partial charge on any atom is 0.343 e. The smallest absolute Gasteiger partial charge is 0.343 e. The van der Waals surface area contributed by atoms with Gasteiger partial charge in [-0.1, -0.05) is 44.0 Å². The highest BCUT2D eigenvalue weighted by Crippen LogP contribution is 2.30. The van der Waals surface area contributed by atoms with Gasteiger partial charge in [-0.25, -0.2) is 19.2 Å². The number of ether oxygens (including phenoxy) is 4. The molecule has 0 heterocycles. The lowest BCUT2D eigenvalue weighted by Gasteiger charge is -2.11. The fourth-order valence-corrected chi connectivity index (χ4v) is 2.85. The number of carbonyl (C=O) groups excluding carboxylic acids is 4. The van der Waals surface area contributed by atoms with Gasteiger partial charge in [0.25, 0.3) is 0 Å². The number of rotatable bonds is 9. The molecule has 0 radical (unpaired) electrons. The van der Waals surface area contributed by atoms with Gasteiger partial charge in [-0.05, 0) is 53.6 Å². The van der Waals surface area contributed by atoms with Crippen molar-refractivity contribution in [1.82, 2.24) is 0 Å². The largest absolute Gasteiger partial charge is 0.423 e. The van der Waals surface area contributed by atoms with Crippen LogP contribution in [0.1, 0.15) is 10.4 Å². The minimum Gasteiger partial charge on any atom is -0.423 e. The summed E-state index contributed by atoms with van der Waals surface area (Å²) in [5.41, 5.74) is 1.74. The molecule has 8 nitrogen and oxygen atoms in total. The molecule has 0 amide bonds. The van der Waals surface area contributed by atoms with Crippen molar-refractivity contribution < 1.29 is 38.1 Å². The second-order valence-corrected chi connectivity index (χ2v) is 6.98. The number of hydrogen-bond donors (Lipinski definition) is 0. The van der Waals surface area contributed by atoms with E-state index in [2.05, 4.69) is 19.7 Å². The number of benzene rings is 3. The summed E-state index contributed by atoms with van der Waals surface area (Å²) in [4.78, 5) is 47.1. The van der Waals surface area contributed by atoms with E-state index in [1.165, 1.54) is 18.2 Å². The molecule has 0 aromatic heterocycles. The Balaban J connectivity index is 1.74. The van der Waals surface area contributed by atoms with Crippen molar-refractivity contribution in [1.29, 1.82) is 0 Å². The van der Waals surface area contributed by atoms with Crippen molar-refractivity contribution in [3.8, 4) is 34.1 Å². The minimum atomic E-state index is -0.807. The van der Waals surface area contributed by atoms with E-state index >= 15 is 0 Å². The Kier molecular flexibility index (Phi) is 8.29. The zero-order chi connectivity index (χ0) is 26.1. The molecule has 0 saturated heterocycles. The molecule has 0 saturated carbocycles. The average Bonchev–Trinajstić information content (AvgIpc) is 2.90. The van der Waals surface area contributed by atoms with Crippen LogP contribution in [0.4, 0.5) is 0 Å². The molecule has 0 unspecified atom stereocenters. The highest BCUT2D eigenvalue weighted by Gasteiger charge is 2.17. The number of hydrogen-bond acceptors (Lipinski definition) is 8. The van der Waals surface area contributed by atoms with Crippen molar-refractivity contribution in [2.24, 2.45) is 0 Å². The third kappa shape index (κ3) is 6.64. The second kappa shape index (κ2) is 11.8. The molecular formula is C28H20O8. The Morgan fingerprint density at radius 3 is 1.47 bits per heavy atom. The molecule has 36 heavy (non-hydrogen) atoms. The molecule has 8 heteroatoms. The Bertz CT molecular complexity index is 1330.